The van der Waals surface area contributed by atoms with Crippen molar-refractivity contribution in [2.75, 3.05) is 40.0 Å². The van der Waals surface area contributed by atoms with Gasteiger partial charge in [-0.15, -0.1) is 0 Å². The van der Waals surface area contributed by atoms with E-state index in [4.69, 9.17) is 14.2 Å². The van der Waals surface area contributed by atoms with Crippen molar-refractivity contribution in [1.29, 1.82) is 0 Å². The van der Waals surface area contributed by atoms with Crippen molar-refractivity contribution in [3.8, 4) is 5.75 Å². The maximum absolute atomic E-state index is 14.1. The van der Waals surface area contributed by atoms with Gasteiger partial charge in [0.15, 0.2) is 11.6 Å². The summed E-state index contributed by atoms with van der Waals surface area (Å²) in [5, 5.41) is 3.21. The van der Waals surface area contributed by atoms with E-state index in [9.17, 15) is 9.18 Å². The summed E-state index contributed by atoms with van der Waals surface area (Å²) in [6.07, 6.45) is 2.23. The number of benzene rings is 1. The second kappa shape index (κ2) is 9.48. The lowest BCUT2D eigenvalue weighted by Gasteiger charge is -2.34. The zero-order valence-electron chi connectivity index (χ0n) is 16.1. The number of morpholine rings is 1. The number of carbonyl (C=O) groups excluding carboxylic acids is 1. The van der Waals surface area contributed by atoms with Gasteiger partial charge in [-0.25, -0.2) is 4.39 Å². The van der Waals surface area contributed by atoms with Crippen molar-refractivity contribution in [3.05, 3.63) is 29.6 Å². The minimum Gasteiger partial charge on any atom is -0.490 e. The summed E-state index contributed by atoms with van der Waals surface area (Å²) in [7, 11) is 1.62. The highest BCUT2D eigenvalue weighted by atomic mass is 19.1. The van der Waals surface area contributed by atoms with Gasteiger partial charge in [0, 0.05) is 39.3 Å². The summed E-state index contributed by atoms with van der Waals surface area (Å²) in [5.41, 5.74) is 0.863. The van der Waals surface area contributed by atoms with Gasteiger partial charge in [0.05, 0.1) is 19.3 Å². The Hall–Kier alpha value is -1.70. The van der Waals surface area contributed by atoms with Crippen molar-refractivity contribution >= 4 is 5.91 Å². The molecule has 27 heavy (non-hydrogen) atoms. The van der Waals surface area contributed by atoms with Crippen LogP contribution in [-0.2, 0) is 14.3 Å². The van der Waals surface area contributed by atoms with Gasteiger partial charge >= 0.3 is 0 Å². The normalized spacial score (nSPS) is 20.9. The molecule has 2 fully saturated rings. The Labute approximate surface area is 160 Å². The van der Waals surface area contributed by atoms with Crippen molar-refractivity contribution in [2.45, 2.75) is 44.4 Å². The van der Waals surface area contributed by atoms with Crippen LogP contribution < -0.4 is 10.1 Å². The molecule has 6 nitrogen and oxygen atoms in total. The summed E-state index contributed by atoms with van der Waals surface area (Å²) in [5.74, 6) is -0.175. The van der Waals surface area contributed by atoms with Crippen LogP contribution in [0.2, 0.25) is 0 Å². The average molecular weight is 380 g/mol. The Kier molecular flexibility index (Phi) is 7.04. The molecule has 0 spiro atoms. The van der Waals surface area contributed by atoms with Crippen molar-refractivity contribution < 1.29 is 23.4 Å². The number of nitrogens with zero attached hydrogens (tertiary/aromatic N) is 1. The number of hydrogen-bond donors (Lipinski definition) is 1. The standard InChI is InChI=1S/C20H29FN2O4/c1-14(15-4-7-17(21)18(12-15)26-10-3-9-25-2)23(16-5-6-16)20(24)19-13-22-8-11-27-19/h4,7,12,14,16,19,22H,3,5-6,8-11,13H2,1-2H3/t14-,19-/m1/s1. The second-order valence-corrected chi connectivity index (χ2v) is 7.10. The van der Waals surface area contributed by atoms with Gasteiger partial charge in [0.1, 0.15) is 6.10 Å². The first-order chi connectivity index (χ1) is 13.1. The molecule has 0 unspecified atom stereocenters. The van der Waals surface area contributed by atoms with E-state index in [2.05, 4.69) is 5.32 Å². The van der Waals surface area contributed by atoms with Gasteiger partial charge < -0.3 is 24.4 Å². The largest absolute Gasteiger partial charge is 0.490 e. The molecule has 1 N–H and O–H groups in total. The molecule has 2 atom stereocenters. The van der Waals surface area contributed by atoms with E-state index in [1.54, 1.807) is 19.2 Å². The molecule has 3 rings (SSSR count). The molecular weight excluding hydrogens is 351 g/mol. The molecule has 1 aliphatic heterocycles. The molecule has 1 heterocycles. The SMILES string of the molecule is COCCCOc1cc([C@@H](C)N(C(=O)[C@H]2CNCCO2)C2CC2)ccc1F. The summed E-state index contributed by atoms with van der Waals surface area (Å²) in [6, 6.07) is 4.90. The Balaban J connectivity index is 1.71. The fourth-order valence-corrected chi connectivity index (χ4v) is 3.37. The van der Waals surface area contributed by atoms with Gasteiger partial charge in [-0.05, 0) is 37.5 Å². The van der Waals surface area contributed by atoms with E-state index in [0.29, 0.717) is 32.8 Å². The first kappa shape index (κ1) is 20.0. The Morgan fingerprint density at radius 1 is 1.41 bits per heavy atom. The van der Waals surface area contributed by atoms with Crippen molar-refractivity contribution in [1.82, 2.24) is 10.2 Å². The van der Waals surface area contributed by atoms with Crippen LogP contribution in [0.3, 0.4) is 0 Å². The van der Waals surface area contributed by atoms with Crippen LogP contribution in [-0.4, -0.2) is 63.0 Å². The maximum Gasteiger partial charge on any atom is 0.253 e. The maximum atomic E-state index is 14.1. The fourth-order valence-electron chi connectivity index (χ4n) is 3.37. The number of rotatable bonds is 9. The number of carbonyl (C=O) groups is 1. The van der Waals surface area contributed by atoms with Gasteiger partial charge in [-0.3, -0.25) is 4.79 Å². The highest BCUT2D eigenvalue weighted by Gasteiger charge is 2.40. The van der Waals surface area contributed by atoms with Crippen LogP contribution in [0.25, 0.3) is 0 Å². The summed E-state index contributed by atoms with van der Waals surface area (Å²) < 4.78 is 30.3. The van der Waals surface area contributed by atoms with E-state index in [0.717, 1.165) is 24.9 Å². The predicted octanol–water partition coefficient (Wildman–Crippen LogP) is 2.28. The molecular formula is C20H29FN2O4. The zero-order chi connectivity index (χ0) is 19.2. The summed E-state index contributed by atoms with van der Waals surface area (Å²) >= 11 is 0. The van der Waals surface area contributed by atoms with Crippen LogP contribution in [0, 0.1) is 5.82 Å². The van der Waals surface area contributed by atoms with Gasteiger partial charge in [-0.2, -0.15) is 0 Å². The first-order valence-electron chi connectivity index (χ1n) is 9.67. The Bertz CT molecular complexity index is 632. The molecule has 1 saturated heterocycles. The number of ether oxygens (including phenoxy) is 3. The minimum atomic E-state index is -0.452. The third kappa shape index (κ3) is 5.18. The smallest absolute Gasteiger partial charge is 0.253 e. The van der Waals surface area contributed by atoms with Crippen LogP contribution in [0.1, 0.15) is 37.8 Å². The van der Waals surface area contributed by atoms with Crippen molar-refractivity contribution in [3.63, 3.8) is 0 Å². The van der Waals surface area contributed by atoms with E-state index < -0.39 is 11.9 Å². The third-order valence-electron chi connectivity index (χ3n) is 5.00. The molecule has 7 heteroatoms. The second-order valence-electron chi connectivity index (χ2n) is 7.10. The molecule has 0 radical (unpaired) electrons. The van der Waals surface area contributed by atoms with E-state index in [1.807, 2.05) is 11.8 Å². The fraction of sp³-hybridized carbons (Fsp3) is 0.650. The van der Waals surface area contributed by atoms with Crippen LogP contribution in [0.5, 0.6) is 5.75 Å². The average Bonchev–Trinajstić information content (AvgIpc) is 3.52. The molecule has 0 aromatic heterocycles. The van der Waals surface area contributed by atoms with E-state index in [-0.39, 0.29) is 23.7 Å². The number of methoxy groups -OCH3 is 1. The molecule has 150 valence electrons. The third-order valence-corrected chi connectivity index (χ3v) is 5.00. The van der Waals surface area contributed by atoms with E-state index >= 15 is 0 Å². The molecule has 1 amide bonds. The first-order valence-corrected chi connectivity index (χ1v) is 9.67. The number of halogens is 1. The summed E-state index contributed by atoms with van der Waals surface area (Å²) in [4.78, 5) is 14.9. The van der Waals surface area contributed by atoms with Crippen LogP contribution >= 0.6 is 0 Å². The lowest BCUT2D eigenvalue weighted by Crippen LogP contribution is -2.50. The Morgan fingerprint density at radius 3 is 2.89 bits per heavy atom. The molecule has 0 bridgehead atoms. The van der Waals surface area contributed by atoms with Crippen LogP contribution in [0.15, 0.2) is 18.2 Å². The number of amides is 1. The molecule has 1 aliphatic carbocycles. The molecule has 1 aromatic rings. The topological polar surface area (TPSA) is 60.0 Å². The monoisotopic (exact) mass is 380 g/mol. The molecule has 2 aliphatic rings. The highest BCUT2D eigenvalue weighted by Crippen LogP contribution is 2.36. The van der Waals surface area contributed by atoms with Gasteiger partial charge in [-0.1, -0.05) is 6.07 Å². The van der Waals surface area contributed by atoms with Crippen LogP contribution in [0.4, 0.5) is 4.39 Å². The number of hydrogen-bond acceptors (Lipinski definition) is 5. The highest BCUT2D eigenvalue weighted by molar-refractivity contribution is 5.82. The lowest BCUT2D eigenvalue weighted by molar-refractivity contribution is -0.148. The quantitative estimate of drug-likeness (QED) is 0.666. The summed E-state index contributed by atoms with van der Waals surface area (Å²) in [6.45, 7) is 4.77. The number of nitrogens with one attached hydrogen (secondary N) is 1. The van der Waals surface area contributed by atoms with E-state index in [1.165, 1.54) is 6.07 Å². The predicted molar refractivity (Wildman–Crippen MR) is 99.3 cm³/mol. The van der Waals surface area contributed by atoms with Gasteiger partial charge in [0.2, 0.25) is 0 Å². The Morgan fingerprint density at radius 2 is 2.22 bits per heavy atom. The minimum absolute atomic E-state index is 0.00379. The lowest BCUT2D eigenvalue weighted by atomic mass is 10.0. The van der Waals surface area contributed by atoms with Crippen molar-refractivity contribution in [2.24, 2.45) is 0 Å². The molecule has 1 aromatic carbocycles. The van der Waals surface area contributed by atoms with Gasteiger partial charge in [0.25, 0.3) is 5.91 Å². The molecule has 1 saturated carbocycles. The zero-order valence-corrected chi connectivity index (χ0v) is 16.1.